The number of hydrogen-bond acceptors (Lipinski definition) is 2. The minimum atomic E-state index is 0.574. The SMILES string of the molecule is NC(=NCC1CCCSC1)Nc1cccc2c1CCCC2. The molecule has 1 aromatic rings. The molecule has 4 heteroatoms. The largest absolute Gasteiger partial charge is 0.370 e. The maximum atomic E-state index is 6.09. The molecule has 2 aliphatic rings. The topological polar surface area (TPSA) is 50.4 Å². The lowest BCUT2D eigenvalue weighted by Crippen LogP contribution is -2.26. The fourth-order valence-corrected chi connectivity index (χ4v) is 4.40. The lowest BCUT2D eigenvalue weighted by molar-refractivity contribution is 0.535. The molecule has 0 saturated carbocycles. The van der Waals surface area contributed by atoms with E-state index in [0.717, 1.165) is 18.7 Å². The quantitative estimate of drug-likeness (QED) is 0.664. The van der Waals surface area contributed by atoms with Gasteiger partial charge in [0.1, 0.15) is 0 Å². The number of aliphatic imine (C=N–C) groups is 1. The number of thioether (sulfide) groups is 1. The van der Waals surface area contributed by atoms with E-state index in [1.165, 1.54) is 54.7 Å². The first-order valence-corrected chi connectivity index (χ1v) is 9.24. The third-order valence-corrected chi connectivity index (χ3v) is 5.72. The summed E-state index contributed by atoms with van der Waals surface area (Å²) in [6, 6.07) is 6.49. The van der Waals surface area contributed by atoms with E-state index in [0.29, 0.717) is 11.9 Å². The Morgan fingerprint density at radius 2 is 2.19 bits per heavy atom. The summed E-state index contributed by atoms with van der Waals surface area (Å²) >= 11 is 2.05. The number of anilines is 1. The minimum absolute atomic E-state index is 0.574. The van der Waals surface area contributed by atoms with Crippen molar-refractivity contribution in [3.8, 4) is 0 Å². The first kappa shape index (κ1) is 14.8. The van der Waals surface area contributed by atoms with Crippen molar-refractivity contribution >= 4 is 23.4 Å². The van der Waals surface area contributed by atoms with Gasteiger partial charge >= 0.3 is 0 Å². The number of aryl methyl sites for hydroxylation is 1. The van der Waals surface area contributed by atoms with Gasteiger partial charge in [-0.3, -0.25) is 4.99 Å². The van der Waals surface area contributed by atoms with Gasteiger partial charge in [-0.1, -0.05) is 12.1 Å². The van der Waals surface area contributed by atoms with Crippen LogP contribution in [-0.2, 0) is 12.8 Å². The monoisotopic (exact) mass is 303 g/mol. The molecule has 1 aromatic carbocycles. The molecule has 1 aliphatic carbocycles. The molecule has 3 N–H and O–H groups in total. The molecule has 0 amide bonds. The van der Waals surface area contributed by atoms with Gasteiger partial charge in [-0.15, -0.1) is 0 Å². The van der Waals surface area contributed by atoms with Crippen molar-refractivity contribution in [1.82, 2.24) is 0 Å². The summed E-state index contributed by atoms with van der Waals surface area (Å²) in [5.41, 5.74) is 10.2. The van der Waals surface area contributed by atoms with Crippen LogP contribution in [0, 0.1) is 5.92 Å². The third kappa shape index (κ3) is 3.94. The van der Waals surface area contributed by atoms with E-state index in [2.05, 4.69) is 28.5 Å². The number of guanidine groups is 1. The second kappa shape index (κ2) is 7.21. The maximum Gasteiger partial charge on any atom is 0.193 e. The Morgan fingerprint density at radius 3 is 3.05 bits per heavy atom. The number of nitrogens with two attached hydrogens (primary N) is 1. The number of fused-ring (bicyclic) bond motifs is 1. The van der Waals surface area contributed by atoms with E-state index in [-0.39, 0.29) is 0 Å². The molecule has 0 radical (unpaired) electrons. The highest BCUT2D eigenvalue weighted by molar-refractivity contribution is 7.99. The van der Waals surface area contributed by atoms with Crippen LogP contribution in [0.25, 0.3) is 0 Å². The Hall–Kier alpha value is -1.16. The predicted octanol–water partition coefficient (Wildman–Crippen LogP) is 3.44. The highest BCUT2D eigenvalue weighted by Crippen LogP contribution is 2.27. The van der Waals surface area contributed by atoms with Crippen LogP contribution in [0.15, 0.2) is 23.2 Å². The Labute approximate surface area is 131 Å². The van der Waals surface area contributed by atoms with Gasteiger partial charge in [0.15, 0.2) is 5.96 Å². The molecule has 1 unspecified atom stereocenters. The van der Waals surface area contributed by atoms with Gasteiger partial charge in [0.2, 0.25) is 0 Å². The minimum Gasteiger partial charge on any atom is -0.370 e. The molecular weight excluding hydrogens is 278 g/mol. The molecule has 1 fully saturated rings. The van der Waals surface area contributed by atoms with Crippen LogP contribution < -0.4 is 11.1 Å². The van der Waals surface area contributed by atoms with Crippen LogP contribution in [0.2, 0.25) is 0 Å². The summed E-state index contributed by atoms with van der Waals surface area (Å²) in [6.45, 7) is 0.862. The highest BCUT2D eigenvalue weighted by atomic mass is 32.2. The van der Waals surface area contributed by atoms with Crippen molar-refractivity contribution in [2.75, 3.05) is 23.4 Å². The molecule has 1 atom stereocenters. The fraction of sp³-hybridized carbons (Fsp3) is 0.588. The second-order valence-electron chi connectivity index (χ2n) is 6.08. The number of rotatable bonds is 3. The molecule has 0 bridgehead atoms. The average molecular weight is 303 g/mol. The number of benzene rings is 1. The first-order valence-electron chi connectivity index (χ1n) is 8.08. The Bertz CT molecular complexity index is 507. The summed E-state index contributed by atoms with van der Waals surface area (Å²) in [4.78, 5) is 4.56. The van der Waals surface area contributed by atoms with E-state index in [4.69, 9.17) is 5.73 Å². The van der Waals surface area contributed by atoms with E-state index in [1.54, 1.807) is 0 Å². The predicted molar refractivity (Wildman–Crippen MR) is 93.2 cm³/mol. The number of nitrogens with zero attached hydrogens (tertiary/aromatic N) is 1. The third-order valence-electron chi connectivity index (χ3n) is 4.43. The van der Waals surface area contributed by atoms with Crippen molar-refractivity contribution in [1.29, 1.82) is 0 Å². The van der Waals surface area contributed by atoms with Crippen molar-refractivity contribution in [2.45, 2.75) is 38.5 Å². The normalized spacial score (nSPS) is 22.7. The van der Waals surface area contributed by atoms with Gasteiger partial charge in [-0.25, -0.2) is 0 Å². The summed E-state index contributed by atoms with van der Waals surface area (Å²) < 4.78 is 0. The molecule has 3 rings (SSSR count). The first-order chi connectivity index (χ1) is 10.3. The van der Waals surface area contributed by atoms with E-state index < -0.39 is 0 Å². The van der Waals surface area contributed by atoms with Crippen molar-refractivity contribution < 1.29 is 0 Å². The van der Waals surface area contributed by atoms with Gasteiger partial charge in [-0.2, -0.15) is 11.8 Å². The van der Waals surface area contributed by atoms with Crippen LogP contribution in [-0.4, -0.2) is 24.0 Å². The Morgan fingerprint density at radius 1 is 1.29 bits per heavy atom. The van der Waals surface area contributed by atoms with Crippen molar-refractivity contribution in [2.24, 2.45) is 16.6 Å². The number of hydrogen-bond donors (Lipinski definition) is 2. The van der Waals surface area contributed by atoms with E-state index >= 15 is 0 Å². The van der Waals surface area contributed by atoms with Gasteiger partial charge in [0.25, 0.3) is 0 Å². The van der Waals surface area contributed by atoms with E-state index in [9.17, 15) is 0 Å². The fourth-order valence-electron chi connectivity index (χ4n) is 3.25. The van der Waals surface area contributed by atoms with E-state index in [1.807, 2.05) is 11.8 Å². The average Bonchev–Trinajstić information content (AvgIpc) is 2.54. The highest BCUT2D eigenvalue weighted by Gasteiger charge is 2.15. The van der Waals surface area contributed by atoms with Crippen LogP contribution >= 0.6 is 11.8 Å². The smallest absolute Gasteiger partial charge is 0.193 e. The molecular formula is C17H25N3S. The molecule has 21 heavy (non-hydrogen) atoms. The lowest BCUT2D eigenvalue weighted by Gasteiger charge is -2.21. The van der Waals surface area contributed by atoms with Crippen LogP contribution in [0.4, 0.5) is 5.69 Å². The molecule has 1 aliphatic heterocycles. The molecule has 0 spiro atoms. The van der Waals surface area contributed by atoms with Crippen molar-refractivity contribution in [3.05, 3.63) is 29.3 Å². The van der Waals surface area contributed by atoms with Crippen LogP contribution in [0.5, 0.6) is 0 Å². The molecule has 3 nitrogen and oxygen atoms in total. The number of nitrogens with one attached hydrogen (secondary N) is 1. The summed E-state index contributed by atoms with van der Waals surface area (Å²) in [7, 11) is 0. The van der Waals surface area contributed by atoms with Crippen LogP contribution in [0.1, 0.15) is 36.8 Å². The zero-order valence-corrected chi connectivity index (χ0v) is 13.4. The van der Waals surface area contributed by atoms with Gasteiger partial charge < -0.3 is 11.1 Å². The van der Waals surface area contributed by atoms with Gasteiger partial charge in [0, 0.05) is 12.2 Å². The summed E-state index contributed by atoms with van der Waals surface area (Å²) in [5, 5.41) is 3.33. The Balaban J connectivity index is 1.62. The Kier molecular flexibility index (Phi) is 5.07. The van der Waals surface area contributed by atoms with Crippen molar-refractivity contribution in [3.63, 3.8) is 0 Å². The second-order valence-corrected chi connectivity index (χ2v) is 7.23. The standard InChI is InChI=1S/C17H25N3S/c18-17(19-11-13-5-4-10-21-12-13)20-16-9-3-7-14-6-1-2-8-15(14)16/h3,7,9,13H,1-2,4-6,8,10-12H2,(H3,18,19,20). The zero-order valence-electron chi connectivity index (χ0n) is 12.6. The molecule has 1 saturated heterocycles. The molecule has 114 valence electrons. The van der Waals surface area contributed by atoms with Crippen LogP contribution in [0.3, 0.4) is 0 Å². The summed E-state index contributed by atoms with van der Waals surface area (Å²) in [6.07, 6.45) is 7.56. The summed E-state index contributed by atoms with van der Waals surface area (Å²) in [5.74, 6) is 3.82. The van der Waals surface area contributed by atoms with Gasteiger partial charge in [-0.05, 0) is 73.1 Å². The maximum absolute atomic E-state index is 6.09. The zero-order chi connectivity index (χ0) is 14.5. The van der Waals surface area contributed by atoms with Gasteiger partial charge in [0.05, 0.1) is 0 Å². The molecule has 0 aromatic heterocycles. The lowest BCUT2D eigenvalue weighted by atomic mass is 9.90. The molecule has 1 heterocycles.